The highest BCUT2D eigenvalue weighted by Gasteiger charge is 2.17. The van der Waals surface area contributed by atoms with Crippen molar-refractivity contribution in [1.82, 2.24) is 10.6 Å². The molecular weight excluding hydrogens is 258 g/mol. The number of benzene rings is 1. The minimum Gasteiger partial charge on any atom is -0.348 e. The van der Waals surface area contributed by atoms with Gasteiger partial charge in [0.1, 0.15) is 0 Å². The number of rotatable bonds is 4. The second-order valence-electron chi connectivity index (χ2n) is 4.71. The van der Waals surface area contributed by atoms with E-state index < -0.39 is 4.92 Å². The molecule has 6 nitrogen and oxygen atoms in total. The van der Waals surface area contributed by atoms with Crippen LogP contribution in [-0.2, 0) is 0 Å². The minimum absolute atomic E-state index is 0.0290. The summed E-state index contributed by atoms with van der Waals surface area (Å²) in [6.07, 6.45) is 2.97. The Morgan fingerprint density at radius 2 is 2.30 bits per heavy atom. The van der Waals surface area contributed by atoms with Gasteiger partial charge in [0, 0.05) is 30.3 Å². The molecule has 0 saturated heterocycles. The average molecular weight is 275 g/mol. The molecule has 2 N–H and O–H groups in total. The molecule has 0 bridgehead atoms. The summed E-state index contributed by atoms with van der Waals surface area (Å²) in [5.74, 6) is -0.273. The van der Waals surface area contributed by atoms with Crippen LogP contribution in [0.4, 0.5) is 5.69 Å². The normalized spacial score (nSPS) is 14.6. The monoisotopic (exact) mass is 275 g/mol. The molecular formula is C14H17N3O3. The second-order valence-corrected chi connectivity index (χ2v) is 4.71. The third-order valence-electron chi connectivity index (χ3n) is 3.38. The Morgan fingerprint density at radius 1 is 1.50 bits per heavy atom. The highest BCUT2D eigenvalue weighted by atomic mass is 16.6. The van der Waals surface area contributed by atoms with Gasteiger partial charge in [-0.3, -0.25) is 14.9 Å². The molecule has 0 radical (unpaired) electrons. The van der Waals surface area contributed by atoms with Gasteiger partial charge in [-0.2, -0.15) is 0 Å². The summed E-state index contributed by atoms with van der Waals surface area (Å²) in [5.41, 5.74) is 1.90. The molecule has 2 rings (SSSR count). The number of nitrogens with zero attached hydrogens (tertiary/aromatic N) is 1. The summed E-state index contributed by atoms with van der Waals surface area (Å²) in [6.45, 7) is 3.82. The van der Waals surface area contributed by atoms with Gasteiger partial charge < -0.3 is 10.6 Å². The van der Waals surface area contributed by atoms with Crippen LogP contribution in [0.1, 0.15) is 22.3 Å². The molecule has 0 saturated carbocycles. The molecule has 1 heterocycles. The van der Waals surface area contributed by atoms with Gasteiger partial charge in [-0.15, -0.1) is 0 Å². The molecule has 1 amide bonds. The molecule has 1 aromatic rings. The van der Waals surface area contributed by atoms with E-state index in [4.69, 9.17) is 0 Å². The van der Waals surface area contributed by atoms with Gasteiger partial charge in [-0.05, 0) is 26.0 Å². The van der Waals surface area contributed by atoms with E-state index in [-0.39, 0.29) is 11.6 Å². The molecule has 1 aliphatic heterocycles. The van der Waals surface area contributed by atoms with Crippen LogP contribution in [0.3, 0.4) is 0 Å². The van der Waals surface area contributed by atoms with Gasteiger partial charge in [0.05, 0.1) is 4.92 Å². The van der Waals surface area contributed by atoms with Crippen LogP contribution in [-0.4, -0.2) is 30.5 Å². The van der Waals surface area contributed by atoms with E-state index in [0.717, 1.165) is 19.5 Å². The first kappa shape index (κ1) is 14.2. The van der Waals surface area contributed by atoms with Crippen molar-refractivity contribution in [3.63, 3.8) is 0 Å². The number of hydrogen-bond acceptors (Lipinski definition) is 4. The van der Waals surface area contributed by atoms with Crippen LogP contribution in [0, 0.1) is 17.0 Å². The Bertz CT molecular complexity index is 567. The van der Waals surface area contributed by atoms with Gasteiger partial charge in [0.25, 0.3) is 11.6 Å². The molecule has 6 heteroatoms. The quantitative estimate of drug-likeness (QED) is 0.496. The van der Waals surface area contributed by atoms with Crippen LogP contribution in [0.2, 0.25) is 0 Å². The Balaban J connectivity index is 2.07. The molecule has 0 spiro atoms. The first-order valence-electron chi connectivity index (χ1n) is 6.50. The van der Waals surface area contributed by atoms with E-state index in [0.29, 0.717) is 17.7 Å². The maximum Gasteiger partial charge on any atom is 0.273 e. The highest BCUT2D eigenvalue weighted by Crippen LogP contribution is 2.20. The molecule has 0 aliphatic carbocycles. The Morgan fingerprint density at radius 3 is 2.95 bits per heavy atom. The van der Waals surface area contributed by atoms with E-state index in [2.05, 4.69) is 16.7 Å². The summed E-state index contributed by atoms with van der Waals surface area (Å²) in [6, 6.07) is 4.54. The largest absolute Gasteiger partial charge is 0.348 e. The lowest BCUT2D eigenvalue weighted by Crippen LogP contribution is -2.30. The fourth-order valence-electron chi connectivity index (χ4n) is 2.19. The van der Waals surface area contributed by atoms with Crippen molar-refractivity contribution in [2.75, 3.05) is 19.6 Å². The molecule has 0 aromatic heterocycles. The number of nitro groups is 1. The van der Waals surface area contributed by atoms with Crippen LogP contribution < -0.4 is 10.6 Å². The topological polar surface area (TPSA) is 84.3 Å². The molecule has 1 aliphatic rings. The zero-order valence-corrected chi connectivity index (χ0v) is 11.3. The first-order valence-corrected chi connectivity index (χ1v) is 6.50. The molecule has 20 heavy (non-hydrogen) atoms. The minimum atomic E-state index is -0.471. The van der Waals surface area contributed by atoms with Crippen molar-refractivity contribution < 1.29 is 9.72 Å². The van der Waals surface area contributed by atoms with Crippen molar-refractivity contribution in [2.24, 2.45) is 0 Å². The maximum atomic E-state index is 12.1. The van der Waals surface area contributed by atoms with E-state index >= 15 is 0 Å². The third-order valence-corrected chi connectivity index (χ3v) is 3.38. The van der Waals surface area contributed by atoms with E-state index in [9.17, 15) is 14.9 Å². The summed E-state index contributed by atoms with van der Waals surface area (Å²) in [4.78, 5) is 22.5. The zero-order valence-electron chi connectivity index (χ0n) is 11.3. The van der Waals surface area contributed by atoms with Crippen LogP contribution in [0.5, 0.6) is 0 Å². The summed E-state index contributed by atoms with van der Waals surface area (Å²) in [5, 5.41) is 16.9. The average Bonchev–Trinajstić information content (AvgIpc) is 2.46. The summed E-state index contributed by atoms with van der Waals surface area (Å²) < 4.78 is 0. The van der Waals surface area contributed by atoms with Gasteiger partial charge in [0.15, 0.2) is 0 Å². The van der Waals surface area contributed by atoms with Gasteiger partial charge in [-0.1, -0.05) is 17.7 Å². The smallest absolute Gasteiger partial charge is 0.273 e. The van der Waals surface area contributed by atoms with Crippen LogP contribution in [0.25, 0.3) is 0 Å². The lowest BCUT2D eigenvalue weighted by atomic mass is 10.1. The Hall–Kier alpha value is -2.21. The number of hydrogen-bond donors (Lipinski definition) is 2. The molecule has 106 valence electrons. The molecule has 0 fully saturated rings. The number of nitro benzene ring substituents is 1. The van der Waals surface area contributed by atoms with E-state index in [1.807, 2.05) is 0 Å². The van der Waals surface area contributed by atoms with Crippen LogP contribution >= 0.6 is 0 Å². The maximum absolute atomic E-state index is 12.1. The molecule has 0 unspecified atom stereocenters. The van der Waals surface area contributed by atoms with E-state index in [1.165, 1.54) is 17.7 Å². The Kier molecular flexibility index (Phi) is 4.47. The fourth-order valence-corrected chi connectivity index (χ4v) is 2.19. The summed E-state index contributed by atoms with van der Waals surface area (Å²) >= 11 is 0. The van der Waals surface area contributed by atoms with Gasteiger partial charge in [-0.25, -0.2) is 0 Å². The van der Waals surface area contributed by atoms with Gasteiger partial charge >= 0.3 is 0 Å². The Labute approximate surface area is 117 Å². The van der Waals surface area contributed by atoms with Crippen molar-refractivity contribution in [2.45, 2.75) is 13.3 Å². The predicted octanol–water partition coefficient (Wildman–Crippen LogP) is 1.55. The van der Waals surface area contributed by atoms with Crippen LogP contribution in [0.15, 0.2) is 29.8 Å². The lowest BCUT2D eigenvalue weighted by molar-refractivity contribution is -0.385. The number of carbonyl (C=O) groups is 1. The predicted molar refractivity (Wildman–Crippen MR) is 75.7 cm³/mol. The first-order chi connectivity index (χ1) is 9.59. The zero-order chi connectivity index (χ0) is 14.5. The number of carbonyl (C=O) groups excluding carboxylic acids is 1. The second kappa shape index (κ2) is 6.29. The highest BCUT2D eigenvalue weighted by molar-refractivity contribution is 5.96. The SMILES string of the molecule is Cc1c(C(=O)NCC2=CCNCC2)cccc1[N+](=O)[O-]. The lowest BCUT2D eigenvalue weighted by Gasteiger charge is -2.15. The standard InChI is InChI=1S/C14H17N3O3/c1-10-12(3-2-4-13(10)17(19)20)14(18)16-9-11-5-7-15-8-6-11/h2-5,15H,6-9H2,1H3,(H,16,18). The van der Waals surface area contributed by atoms with Crippen molar-refractivity contribution in [3.05, 3.63) is 51.1 Å². The summed E-state index contributed by atoms with van der Waals surface area (Å²) in [7, 11) is 0. The number of amides is 1. The van der Waals surface area contributed by atoms with Crippen molar-refractivity contribution >= 4 is 11.6 Å². The van der Waals surface area contributed by atoms with Crippen molar-refractivity contribution in [1.29, 1.82) is 0 Å². The number of nitrogens with one attached hydrogen (secondary N) is 2. The van der Waals surface area contributed by atoms with Gasteiger partial charge in [0.2, 0.25) is 0 Å². The fraction of sp³-hybridized carbons (Fsp3) is 0.357. The van der Waals surface area contributed by atoms with Crippen molar-refractivity contribution in [3.8, 4) is 0 Å². The molecule has 1 aromatic carbocycles. The molecule has 0 atom stereocenters. The van der Waals surface area contributed by atoms with E-state index in [1.54, 1.807) is 13.0 Å². The third kappa shape index (κ3) is 3.21.